The lowest BCUT2D eigenvalue weighted by Crippen LogP contribution is -2.29. The van der Waals surface area contributed by atoms with Crippen molar-refractivity contribution in [2.75, 3.05) is 0 Å². The number of rotatable bonds is 3. The van der Waals surface area contributed by atoms with E-state index in [-0.39, 0.29) is 6.04 Å². The van der Waals surface area contributed by atoms with E-state index in [1.165, 1.54) is 0 Å². The van der Waals surface area contributed by atoms with Crippen molar-refractivity contribution in [1.82, 2.24) is 9.78 Å². The number of hydrogen-bond donors (Lipinski definition) is 1. The number of aliphatic hydroxyl groups is 1. The molecule has 1 heterocycles. The molecular formula is C11H17BrN2O. The van der Waals surface area contributed by atoms with E-state index in [1.807, 2.05) is 11.6 Å². The first kappa shape index (κ1) is 11.1. The molecule has 1 aromatic rings. The van der Waals surface area contributed by atoms with Crippen LogP contribution in [0.15, 0.2) is 10.7 Å². The highest BCUT2D eigenvalue weighted by Crippen LogP contribution is 2.47. The summed E-state index contributed by atoms with van der Waals surface area (Å²) in [6, 6.07) is 0.275. The number of hydrogen-bond acceptors (Lipinski definition) is 2. The van der Waals surface area contributed by atoms with Gasteiger partial charge in [0, 0.05) is 6.04 Å². The van der Waals surface area contributed by atoms with Gasteiger partial charge in [0.05, 0.1) is 16.4 Å². The molecule has 1 aliphatic carbocycles. The Hall–Kier alpha value is -0.350. The van der Waals surface area contributed by atoms with Crippen LogP contribution in [0.3, 0.4) is 0 Å². The highest BCUT2D eigenvalue weighted by Gasteiger charge is 2.44. The number of nitrogens with zero attached hydrogens (tertiary/aromatic N) is 2. The quantitative estimate of drug-likeness (QED) is 0.919. The molecule has 0 aromatic carbocycles. The first-order valence-corrected chi connectivity index (χ1v) is 6.19. The largest absolute Gasteiger partial charge is 0.384 e. The van der Waals surface area contributed by atoms with E-state index in [2.05, 4.69) is 34.9 Å². The van der Waals surface area contributed by atoms with Crippen LogP contribution in [-0.4, -0.2) is 14.9 Å². The van der Waals surface area contributed by atoms with Gasteiger partial charge in [-0.3, -0.25) is 4.68 Å². The molecule has 0 aliphatic heterocycles. The van der Waals surface area contributed by atoms with Gasteiger partial charge >= 0.3 is 0 Å². The maximum absolute atomic E-state index is 10.5. The summed E-state index contributed by atoms with van der Waals surface area (Å²) < 4.78 is 2.82. The molecule has 1 unspecified atom stereocenters. The Morgan fingerprint density at radius 2 is 2.20 bits per heavy atom. The van der Waals surface area contributed by atoms with E-state index >= 15 is 0 Å². The summed E-state index contributed by atoms with van der Waals surface area (Å²) in [6.07, 6.45) is 4.00. The van der Waals surface area contributed by atoms with Crippen molar-refractivity contribution in [2.24, 2.45) is 5.92 Å². The molecule has 84 valence electrons. The molecule has 0 spiro atoms. The fourth-order valence-electron chi connectivity index (χ4n) is 2.05. The van der Waals surface area contributed by atoms with E-state index in [4.69, 9.17) is 0 Å². The second kappa shape index (κ2) is 3.59. The zero-order valence-electron chi connectivity index (χ0n) is 9.37. The molecule has 1 fully saturated rings. The second-order valence-corrected chi connectivity index (χ2v) is 5.66. The van der Waals surface area contributed by atoms with Crippen molar-refractivity contribution in [3.63, 3.8) is 0 Å². The van der Waals surface area contributed by atoms with Crippen molar-refractivity contribution in [3.8, 4) is 0 Å². The van der Waals surface area contributed by atoms with Crippen LogP contribution in [0.4, 0.5) is 0 Å². The minimum absolute atomic E-state index is 0.275. The van der Waals surface area contributed by atoms with Crippen LogP contribution in [0.25, 0.3) is 0 Å². The summed E-state index contributed by atoms with van der Waals surface area (Å²) in [6.45, 7) is 6.04. The van der Waals surface area contributed by atoms with Crippen molar-refractivity contribution in [3.05, 3.63) is 16.4 Å². The Balaban J connectivity index is 2.45. The summed E-state index contributed by atoms with van der Waals surface area (Å²) in [5.74, 6) is 0.392. The highest BCUT2D eigenvalue weighted by atomic mass is 79.9. The van der Waals surface area contributed by atoms with Gasteiger partial charge in [-0.15, -0.1) is 0 Å². The van der Waals surface area contributed by atoms with Gasteiger partial charge < -0.3 is 5.11 Å². The minimum Gasteiger partial charge on any atom is -0.384 e. The zero-order chi connectivity index (χ0) is 11.2. The van der Waals surface area contributed by atoms with Crippen molar-refractivity contribution >= 4 is 15.9 Å². The second-order valence-electron chi connectivity index (χ2n) is 4.80. The molecule has 0 bridgehead atoms. The third-order valence-corrected chi connectivity index (χ3v) is 3.67. The summed E-state index contributed by atoms with van der Waals surface area (Å²) >= 11 is 3.47. The van der Waals surface area contributed by atoms with Crippen LogP contribution in [0.2, 0.25) is 0 Å². The first-order chi connectivity index (χ1) is 6.94. The van der Waals surface area contributed by atoms with Crippen LogP contribution < -0.4 is 0 Å². The highest BCUT2D eigenvalue weighted by molar-refractivity contribution is 9.10. The average Bonchev–Trinajstić information content (AvgIpc) is 2.89. The lowest BCUT2D eigenvalue weighted by atomic mass is 9.96. The van der Waals surface area contributed by atoms with Crippen LogP contribution in [-0.2, 0) is 5.60 Å². The van der Waals surface area contributed by atoms with Crippen molar-refractivity contribution in [1.29, 1.82) is 0 Å². The van der Waals surface area contributed by atoms with Gasteiger partial charge in [0.1, 0.15) is 5.60 Å². The summed E-state index contributed by atoms with van der Waals surface area (Å²) in [5, 5.41) is 14.8. The van der Waals surface area contributed by atoms with E-state index in [0.29, 0.717) is 5.92 Å². The summed E-state index contributed by atoms with van der Waals surface area (Å²) in [5.41, 5.74) is 0.166. The predicted octanol–water partition coefficient (Wildman–Crippen LogP) is 2.84. The van der Waals surface area contributed by atoms with Gasteiger partial charge in [-0.2, -0.15) is 5.10 Å². The smallest absolute Gasteiger partial charge is 0.107 e. The van der Waals surface area contributed by atoms with Crippen LogP contribution in [0, 0.1) is 5.92 Å². The fourth-order valence-corrected chi connectivity index (χ4v) is 2.72. The molecule has 1 N–H and O–H groups in total. The van der Waals surface area contributed by atoms with E-state index in [9.17, 15) is 5.11 Å². The van der Waals surface area contributed by atoms with Crippen LogP contribution >= 0.6 is 15.9 Å². The Labute approximate surface area is 98.6 Å². The molecule has 0 radical (unpaired) electrons. The summed E-state index contributed by atoms with van der Waals surface area (Å²) in [4.78, 5) is 0. The van der Waals surface area contributed by atoms with Gasteiger partial charge in [0.15, 0.2) is 0 Å². The molecular weight excluding hydrogens is 256 g/mol. The Bertz CT molecular complexity index is 367. The fraction of sp³-hybridized carbons (Fsp3) is 0.727. The molecule has 4 heteroatoms. The lowest BCUT2D eigenvalue weighted by Gasteiger charge is -2.26. The molecule has 1 saturated carbocycles. The van der Waals surface area contributed by atoms with Gasteiger partial charge in [-0.1, -0.05) is 0 Å². The van der Waals surface area contributed by atoms with Crippen molar-refractivity contribution < 1.29 is 5.11 Å². The molecule has 15 heavy (non-hydrogen) atoms. The third-order valence-electron chi connectivity index (χ3n) is 3.09. The Morgan fingerprint density at radius 1 is 1.60 bits per heavy atom. The third kappa shape index (κ3) is 1.85. The molecule has 3 nitrogen and oxygen atoms in total. The van der Waals surface area contributed by atoms with Crippen LogP contribution in [0.5, 0.6) is 0 Å². The molecule has 0 amide bonds. The van der Waals surface area contributed by atoms with Gasteiger partial charge in [-0.05, 0) is 55.5 Å². The molecule has 2 rings (SSSR count). The number of halogens is 1. The van der Waals surface area contributed by atoms with Gasteiger partial charge in [-0.25, -0.2) is 0 Å². The van der Waals surface area contributed by atoms with E-state index < -0.39 is 5.60 Å². The van der Waals surface area contributed by atoms with Crippen LogP contribution in [0.1, 0.15) is 45.3 Å². The zero-order valence-corrected chi connectivity index (χ0v) is 11.0. The predicted molar refractivity (Wildman–Crippen MR) is 62.6 cm³/mol. The van der Waals surface area contributed by atoms with Gasteiger partial charge in [0.2, 0.25) is 0 Å². The standard InChI is InChI=1S/C11H17BrN2O/c1-7(2)14-10(9(12)6-13-14)11(3,15)8-4-5-8/h6-8,15H,4-5H2,1-3H3. The minimum atomic E-state index is -0.750. The molecule has 0 saturated heterocycles. The Morgan fingerprint density at radius 3 is 2.67 bits per heavy atom. The maximum Gasteiger partial charge on any atom is 0.107 e. The first-order valence-electron chi connectivity index (χ1n) is 5.40. The SMILES string of the molecule is CC(C)n1ncc(Br)c1C(C)(O)C1CC1. The van der Waals surface area contributed by atoms with E-state index in [1.54, 1.807) is 6.20 Å². The maximum atomic E-state index is 10.5. The lowest BCUT2D eigenvalue weighted by molar-refractivity contribution is 0.0220. The van der Waals surface area contributed by atoms with E-state index in [0.717, 1.165) is 23.0 Å². The topological polar surface area (TPSA) is 38.0 Å². The molecule has 1 atom stereocenters. The Kier molecular flexibility index (Phi) is 2.67. The normalized spacial score (nSPS) is 20.7. The average molecular weight is 273 g/mol. The molecule has 1 aliphatic rings. The molecule has 1 aromatic heterocycles. The summed E-state index contributed by atoms with van der Waals surface area (Å²) in [7, 11) is 0. The van der Waals surface area contributed by atoms with Crippen molar-refractivity contribution in [2.45, 2.75) is 45.3 Å². The van der Waals surface area contributed by atoms with Gasteiger partial charge in [0.25, 0.3) is 0 Å². The monoisotopic (exact) mass is 272 g/mol. The number of aromatic nitrogens is 2.